The number of nitrogens with zero attached hydrogens (tertiary/aromatic N) is 4. The summed E-state index contributed by atoms with van der Waals surface area (Å²) in [6.07, 6.45) is 0.927. The maximum Gasteiger partial charge on any atom is 0.329 e. The van der Waals surface area contributed by atoms with Gasteiger partial charge in [0.2, 0.25) is 0 Å². The number of halogens is 3. The summed E-state index contributed by atoms with van der Waals surface area (Å²) in [5, 5.41) is 0.230. The van der Waals surface area contributed by atoms with Crippen LogP contribution >= 0.6 is 19.2 Å². The second kappa shape index (κ2) is 7.11. The van der Waals surface area contributed by atoms with Gasteiger partial charge < -0.3 is 14.4 Å². The van der Waals surface area contributed by atoms with Crippen LogP contribution in [0.4, 0.5) is 8.78 Å². The summed E-state index contributed by atoms with van der Waals surface area (Å²) in [7, 11) is -4.21. The van der Waals surface area contributed by atoms with E-state index in [1.807, 2.05) is 0 Å². The minimum Gasteiger partial charge on any atom is -0.330 e. The average molecular weight is 439 g/mol. The molecule has 11 heteroatoms. The van der Waals surface area contributed by atoms with Crippen molar-refractivity contribution in [3.8, 4) is 0 Å². The van der Waals surface area contributed by atoms with Crippen molar-refractivity contribution in [2.24, 2.45) is 0 Å². The molecule has 0 spiro atoms. The van der Waals surface area contributed by atoms with E-state index in [4.69, 9.17) is 21.4 Å². The Morgan fingerprint density at radius 3 is 2.62 bits per heavy atom. The summed E-state index contributed by atoms with van der Waals surface area (Å²) >= 11 is 6.30. The Kier molecular flexibility index (Phi) is 4.86. The molecule has 0 saturated carbocycles. The Balaban J connectivity index is 1.87. The summed E-state index contributed by atoms with van der Waals surface area (Å²) < 4.78 is 41.2. The first-order chi connectivity index (χ1) is 13.6. The van der Waals surface area contributed by atoms with Crippen LogP contribution in [0, 0.1) is 18.6 Å². The number of pyridine rings is 1. The lowest BCUT2D eigenvalue weighted by atomic mass is 10.2. The maximum atomic E-state index is 14.6. The zero-order valence-electron chi connectivity index (χ0n) is 15.0. The maximum absolute atomic E-state index is 14.6. The van der Waals surface area contributed by atoms with Crippen molar-refractivity contribution in [2.75, 3.05) is 0 Å². The van der Waals surface area contributed by atoms with Gasteiger partial charge in [0.15, 0.2) is 5.15 Å². The molecule has 7 nitrogen and oxygen atoms in total. The fourth-order valence-corrected chi connectivity index (χ4v) is 4.26. The number of rotatable bonds is 4. The van der Waals surface area contributed by atoms with Crippen LogP contribution in [0.25, 0.3) is 21.9 Å². The van der Waals surface area contributed by atoms with Gasteiger partial charge in [0, 0.05) is 12.3 Å². The highest BCUT2D eigenvalue weighted by Crippen LogP contribution is 2.39. The predicted molar refractivity (Wildman–Crippen MR) is 104 cm³/mol. The van der Waals surface area contributed by atoms with E-state index in [-0.39, 0.29) is 28.1 Å². The van der Waals surface area contributed by atoms with Crippen LogP contribution < -0.4 is 0 Å². The van der Waals surface area contributed by atoms with Crippen LogP contribution in [-0.2, 0) is 17.3 Å². The third-order valence-corrected chi connectivity index (χ3v) is 5.42. The summed E-state index contributed by atoms with van der Waals surface area (Å²) in [6, 6.07) is 5.10. The second-order valence-electron chi connectivity index (χ2n) is 6.61. The van der Waals surface area contributed by atoms with Crippen molar-refractivity contribution in [3.05, 3.63) is 64.3 Å². The Morgan fingerprint density at radius 1 is 1.21 bits per heavy atom. The Labute approximate surface area is 168 Å². The number of fused-ring (bicyclic) bond motifs is 3. The number of hydrogen-bond donors (Lipinski definition) is 2. The molecular weight excluding hydrogens is 425 g/mol. The van der Waals surface area contributed by atoms with Crippen molar-refractivity contribution in [1.82, 2.24) is 19.5 Å². The van der Waals surface area contributed by atoms with Gasteiger partial charge in [-0.15, -0.1) is 0 Å². The van der Waals surface area contributed by atoms with E-state index in [0.717, 1.165) is 6.07 Å². The van der Waals surface area contributed by atoms with Gasteiger partial charge in [-0.05, 0) is 24.6 Å². The van der Waals surface area contributed by atoms with E-state index in [0.29, 0.717) is 22.6 Å². The fraction of sp³-hybridized carbons (Fsp3) is 0.167. The average Bonchev–Trinajstić information content (AvgIpc) is 2.89. The molecule has 2 N–H and O–H groups in total. The molecule has 3 aromatic heterocycles. The molecule has 0 amide bonds. The summed E-state index contributed by atoms with van der Waals surface area (Å²) in [6.45, 7) is 1.72. The molecule has 0 fully saturated rings. The number of benzene rings is 1. The van der Waals surface area contributed by atoms with Crippen molar-refractivity contribution in [3.63, 3.8) is 0 Å². The van der Waals surface area contributed by atoms with Crippen molar-refractivity contribution in [2.45, 2.75) is 19.6 Å². The molecule has 1 aromatic carbocycles. The van der Waals surface area contributed by atoms with Gasteiger partial charge in [-0.25, -0.2) is 18.7 Å². The Morgan fingerprint density at radius 2 is 1.97 bits per heavy atom. The van der Waals surface area contributed by atoms with E-state index in [9.17, 15) is 13.3 Å². The SMILES string of the molecule is Cc1nc(Cl)c2c(n1)c1c(F)cc(F)cc1n2Cc1ccc(CP(=O)(O)O)cn1. The van der Waals surface area contributed by atoms with E-state index < -0.39 is 25.4 Å². The summed E-state index contributed by atoms with van der Waals surface area (Å²) in [5.74, 6) is -1.15. The molecule has 0 atom stereocenters. The number of hydrogen-bond acceptors (Lipinski definition) is 4. The lowest BCUT2D eigenvalue weighted by Crippen LogP contribution is -2.04. The lowest BCUT2D eigenvalue weighted by molar-refractivity contribution is 0.371. The molecule has 0 saturated heterocycles. The molecule has 4 aromatic rings. The Bertz CT molecular complexity index is 1300. The molecule has 0 unspecified atom stereocenters. The van der Waals surface area contributed by atoms with Crippen molar-refractivity contribution < 1.29 is 23.1 Å². The standard InChI is InChI=1S/C18H14ClF2N4O3P/c1-9-23-16-15-13(21)4-11(20)5-14(15)25(17(16)18(19)24-9)7-12-3-2-10(6-22-12)8-29(26,27)28/h2-6H,7-8H2,1H3,(H2,26,27,28). The fourth-order valence-electron chi connectivity index (χ4n) is 3.28. The zero-order valence-corrected chi connectivity index (χ0v) is 16.6. The molecule has 0 radical (unpaired) electrons. The van der Waals surface area contributed by atoms with Crippen molar-refractivity contribution in [1.29, 1.82) is 0 Å². The van der Waals surface area contributed by atoms with Gasteiger partial charge in [0.05, 0.1) is 29.3 Å². The Hall–Kier alpha value is -2.45. The summed E-state index contributed by atoms with van der Waals surface area (Å²) in [5.41, 5.74) is 1.74. The predicted octanol–water partition coefficient (Wildman–Crippen LogP) is 3.95. The van der Waals surface area contributed by atoms with Crippen LogP contribution in [0.2, 0.25) is 5.15 Å². The van der Waals surface area contributed by atoms with Gasteiger partial charge in [-0.1, -0.05) is 17.7 Å². The van der Waals surface area contributed by atoms with E-state index in [1.165, 1.54) is 12.3 Å². The van der Waals surface area contributed by atoms with Gasteiger partial charge >= 0.3 is 7.60 Å². The first kappa shape index (κ1) is 19.8. The lowest BCUT2D eigenvalue weighted by Gasteiger charge is -2.09. The van der Waals surface area contributed by atoms with Gasteiger partial charge in [0.25, 0.3) is 0 Å². The molecule has 3 heterocycles. The number of aryl methyl sites for hydroxylation is 1. The monoisotopic (exact) mass is 438 g/mol. The molecular formula is C18H14ClF2N4O3P. The molecule has 0 bridgehead atoms. The highest BCUT2D eigenvalue weighted by atomic mass is 35.5. The smallest absolute Gasteiger partial charge is 0.329 e. The molecule has 0 aliphatic rings. The van der Waals surface area contributed by atoms with Crippen molar-refractivity contribution >= 4 is 41.1 Å². The van der Waals surface area contributed by atoms with Crippen LogP contribution in [0.15, 0.2) is 30.5 Å². The van der Waals surface area contributed by atoms with Gasteiger partial charge in [-0.2, -0.15) is 0 Å². The quantitative estimate of drug-likeness (QED) is 0.369. The van der Waals surface area contributed by atoms with Crippen LogP contribution in [-0.4, -0.2) is 29.3 Å². The van der Waals surface area contributed by atoms with Crippen LogP contribution in [0.5, 0.6) is 0 Å². The van der Waals surface area contributed by atoms with Crippen LogP contribution in [0.1, 0.15) is 17.1 Å². The first-order valence-electron chi connectivity index (χ1n) is 8.42. The molecule has 0 aliphatic carbocycles. The van der Waals surface area contributed by atoms with E-state index in [2.05, 4.69) is 15.0 Å². The third-order valence-electron chi connectivity index (χ3n) is 4.38. The van der Waals surface area contributed by atoms with Gasteiger partial charge in [-0.3, -0.25) is 9.55 Å². The second-order valence-corrected chi connectivity index (χ2v) is 8.61. The van der Waals surface area contributed by atoms with Crippen LogP contribution in [0.3, 0.4) is 0 Å². The molecule has 150 valence electrons. The molecule has 4 rings (SSSR count). The number of aromatic nitrogens is 4. The third kappa shape index (κ3) is 3.86. The van der Waals surface area contributed by atoms with Gasteiger partial charge in [0.1, 0.15) is 28.5 Å². The zero-order chi connectivity index (χ0) is 20.9. The summed E-state index contributed by atoms with van der Waals surface area (Å²) in [4.78, 5) is 30.7. The van der Waals surface area contributed by atoms with E-state index >= 15 is 0 Å². The normalized spacial score (nSPS) is 12.2. The van der Waals surface area contributed by atoms with E-state index in [1.54, 1.807) is 23.6 Å². The highest BCUT2D eigenvalue weighted by Gasteiger charge is 2.21. The largest absolute Gasteiger partial charge is 0.330 e. The molecule has 0 aliphatic heterocycles. The molecule has 29 heavy (non-hydrogen) atoms. The minimum absolute atomic E-state index is 0.0987. The minimum atomic E-state index is -4.21. The highest BCUT2D eigenvalue weighted by molar-refractivity contribution is 7.50. The topological polar surface area (TPSA) is 101 Å². The first-order valence-corrected chi connectivity index (χ1v) is 10.6.